The van der Waals surface area contributed by atoms with Gasteiger partial charge in [-0.3, -0.25) is 0 Å². The van der Waals surface area contributed by atoms with Gasteiger partial charge in [0.1, 0.15) is 5.75 Å². The summed E-state index contributed by atoms with van der Waals surface area (Å²) in [5.74, 6) is 1.65. The highest BCUT2D eigenvalue weighted by Gasteiger charge is 2.05. The first-order valence-corrected chi connectivity index (χ1v) is 8.82. The fourth-order valence-electron chi connectivity index (χ4n) is 2.49. The zero-order valence-corrected chi connectivity index (χ0v) is 14.2. The quantitative estimate of drug-likeness (QED) is 0.397. The van der Waals surface area contributed by atoms with Crippen LogP contribution in [-0.4, -0.2) is 6.61 Å². The lowest BCUT2D eigenvalue weighted by Gasteiger charge is -2.13. The van der Waals surface area contributed by atoms with Crippen molar-refractivity contribution >= 4 is 0 Å². The molecule has 0 spiro atoms. The van der Waals surface area contributed by atoms with Gasteiger partial charge >= 0.3 is 0 Å². The van der Waals surface area contributed by atoms with E-state index in [1.54, 1.807) is 0 Å². The minimum absolute atomic E-state index is 0.636. The largest absolute Gasteiger partial charge is 0.494 e. The summed E-state index contributed by atoms with van der Waals surface area (Å²) < 4.78 is 5.79. The molecule has 21 heavy (non-hydrogen) atoms. The van der Waals surface area contributed by atoms with Crippen molar-refractivity contribution in [2.75, 3.05) is 6.61 Å². The zero-order chi connectivity index (χ0) is 15.3. The lowest BCUT2D eigenvalue weighted by molar-refractivity contribution is 0.305. The molecule has 1 aromatic rings. The third-order valence-corrected chi connectivity index (χ3v) is 4.01. The van der Waals surface area contributed by atoms with Crippen LogP contribution in [0.1, 0.15) is 83.6 Å². The van der Waals surface area contributed by atoms with Gasteiger partial charge in [0.2, 0.25) is 0 Å². The second-order valence-electron chi connectivity index (χ2n) is 6.03. The van der Waals surface area contributed by atoms with E-state index in [9.17, 15) is 0 Å². The maximum absolute atomic E-state index is 5.79. The Morgan fingerprint density at radius 2 is 1.71 bits per heavy atom. The van der Waals surface area contributed by atoms with Crippen molar-refractivity contribution in [1.29, 1.82) is 0 Å². The van der Waals surface area contributed by atoms with E-state index < -0.39 is 0 Å². The Balaban J connectivity index is 2.25. The Kier molecular flexibility index (Phi) is 10.0. The molecule has 0 aliphatic carbocycles. The first kappa shape index (κ1) is 18.1. The molecule has 1 nitrogen and oxygen atoms in total. The van der Waals surface area contributed by atoms with Crippen LogP contribution in [0.5, 0.6) is 5.75 Å². The van der Waals surface area contributed by atoms with Crippen LogP contribution < -0.4 is 4.74 Å². The third-order valence-electron chi connectivity index (χ3n) is 4.01. The Labute approximate surface area is 132 Å². The number of hydrogen-bond acceptors (Lipinski definition) is 1. The van der Waals surface area contributed by atoms with Crippen molar-refractivity contribution < 1.29 is 4.74 Å². The second kappa shape index (κ2) is 11.7. The van der Waals surface area contributed by atoms with Gasteiger partial charge in [0.05, 0.1) is 6.61 Å². The summed E-state index contributed by atoms with van der Waals surface area (Å²) in [4.78, 5) is 0. The molecule has 1 unspecified atom stereocenters. The molecule has 0 N–H and O–H groups in total. The predicted molar refractivity (Wildman–Crippen MR) is 92.9 cm³/mol. The molecular weight excluding hydrogens is 256 g/mol. The smallest absolute Gasteiger partial charge is 0.119 e. The van der Waals surface area contributed by atoms with Gasteiger partial charge in [-0.1, -0.05) is 65.0 Å². The highest BCUT2D eigenvalue weighted by atomic mass is 16.5. The molecule has 1 aromatic carbocycles. The lowest BCUT2D eigenvalue weighted by atomic mass is 9.95. The van der Waals surface area contributed by atoms with Crippen molar-refractivity contribution in [1.82, 2.24) is 0 Å². The van der Waals surface area contributed by atoms with Gasteiger partial charge in [0, 0.05) is 0 Å². The molecule has 0 bridgehead atoms. The Morgan fingerprint density at radius 3 is 2.38 bits per heavy atom. The van der Waals surface area contributed by atoms with E-state index >= 15 is 0 Å². The van der Waals surface area contributed by atoms with Crippen LogP contribution in [0.3, 0.4) is 0 Å². The topological polar surface area (TPSA) is 9.23 Å². The second-order valence-corrected chi connectivity index (χ2v) is 6.03. The molecule has 1 radical (unpaired) electrons. The van der Waals surface area contributed by atoms with Crippen molar-refractivity contribution in [3.8, 4) is 5.75 Å². The standard InChI is InChI=1S/C20H33O/c1-4-6-8-10-12-18(3)19-13-15-20(16-14-19)21-17-11-9-7-5-2/h8,13-16,18H,4-7,9-12,17H2,1-3H3. The summed E-state index contributed by atoms with van der Waals surface area (Å²) in [6.45, 7) is 7.64. The maximum Gasteiger partial charge on any atom is 0.119 e. The van der Waals surface area contributed by atoms with Crippen LogP contribution >= 0.6 is 0 Å². The van der Waals surface area contributed by atoms with E-state index in [1.165, 1.54) is 56.9 Å². The summed E-state index contributed by atoms with van der Waals surface area (Å²) in [5.41, 5.74) is 1.43. The number of benzene rings is 1. The zero-order valence-electron chi connectivity index (χ0n) is 14.2. The molecule has 1 rings (SSSR count). The van der Waals surface area contributed by atoms with Crippen molar-refractivity contribution in [2.24, 2.45) is 0 Å². The van der Waals surface area contributed by atoms with Crippen LogP contribution in [0.15, 0.2) is 24.3 Å². The summed E-state index contributed by atoms with van der Waals surface area (Å²) >= 11 is 0. The first-order valence-electron chi connectivity index (χ1n) is 8.82. The van der Waals surface area contributed by atoms with Crippen molar-refractivity contribution in [3.63, 3.8) is 0 Å². The van der Waals surface area contributed by atoms with Crippen molar-refractivity contribution in [2.45, 2.75) is 78.1 Å². The fourth-order valence-corrected chi connectivity index (χ4v) is 2.49. The molecule has 0 aromatic heterocycles. The monoisotopic (exact) mass is 289 g/mol. The molecule has 0 heterocycles. The lowest BCUT2D eigenvalue weighted by Crippen LogP contribution is -1.98. The first-order chi connectivity index (χ1) is 10.3. The molecule has 0 aliphatic rings. The molecule has 0 saturated carbocycles. The van der Waals surface area contributed by atoms with Gasteiger partial charge in [-0.05, 0) is 49.3 Å². The molecule has 0 aliphatic heterocycles. The van der Waals surface area contributed by atoms with Gasteiger partial charge in [-0.25, -0.2) is 0 Å². The third kappa shape index (κ3) is 8.14. The highest BCUT2D eigenvalue weighted by molar-refractivity contribution is 5.29. The Morgan fingerprint density at radius 1 is 0.952 bits per heavy atom. The molecule has 1 atom stereocenters. The normalized spacial score (nSPS) is 12.3. The van der Waals surface area contributed by atoms with Crippen LogP contribution in [0.2, 0.25) is 0 Å². The number of ether oxygens (including phenoxy) is 1. The molecular formula is C20H33O. The van der Waals surface area contributed by atoms with E-state index in [0.717, 1.165) is 12.4 Å². The molecule has 0 amide bonds. The molecule has 0 saturated heterocycles. The SMILES string of the molecule is CCC[CH]CCC(C)c1ccc(OCCCCCC)cc1. The van der Waals surface area contributed by atoms with E-state index in [2.05, 4.69) is 51.5 Å². The van der Waals surface area contributed by atoms with E-state index in [1.807, 2.05) is 0 Å². The minimum Gasteiger partial charge on any atom is -0.494 e. The molecule has 0 fully saturated rings. The summed E-state index contributed by atoms with van der Waals surface area (Å²) in [7, 11) is 0. The van der Waals surface area contributed by atoms with Crippen LogP contribution in [0.25, 0.3) is 0 Å². The van der Waals surface area contributed by atoms with E-state index in [4.69, 9.17) is 4.74 Å². The maximum atomic E-state index is 5.79. The Bertz CT molecular complexity index is 341. The average molecular weight is 289 g/mol. The summed E-state index contributed by atoms with van der Waals surface area (Å²) in [6.07, 6.45) is 12.4. The van der Waals surface area contributed by atoms with Gasteiger partial charge in [0.25, 0.3) is 0 Å². The van der Waals surface area contributed by atoms with Gasteiger partial charge < -0.3 is 4.74 Å². The van der Waals surface area contributed by atoms with Gasteiger partial charge in [-0.15, -0.1) is 0 Å². The van der Waals surface area contributed by atoms with Crippen LogP contribution in [0, 0.1) is 6.42 Å². The Hall–Kier alpha value is -0.980. The number of rotatable bonds is 12. The minimum atomic E-state index is 0.636. The summed E-state index contributed by atoms with van der Waals surface area (Å²) in [5, 5.41) is 0. The predicted octanol–water partition coefficient (Wildman–Crippen LogP) is 6.53. The summed E-state index contributed by atoms with van der Waals surface area (Å²) in [6, 6.07) is 8.71. The highest BCUT2D eigenvalue weighted by Crippen LogP contribution is 2.24. The van der Waals surface area contributed by atoms with Crippen molar-refractivity contribution in [3.05, 3.63) is 36.2 Å². The molecule has 119 valence electrons. The van der Waals surface area contributed by atoms with E-state index in [-0.39, 0.29) is 0 Å². The number of unbranched alkanes of at least 4 members (excludes halogenated alkanes) is 6. The number of hydrogen-bond donors (Lipinski definition) is 0. The van der Waals surface area contributed by atoms with Crippen LogP contribution in [-0.2, 0) is 0 Å². The fraction of sp³-hybridized carbons (Fsp3) is 0.650. The van der Waals surface area contributed by atoms with E-state index in [0.29, 0.717) is 5.92 Å². The van der Waals surface area contributed by atoms with Gasteiger partial charge in [-0.2, -0.15) is 0 Å². The van der Waals surface area contributed by atoms with Crippen LogP contribution in [0.4, 0.5) is 0 Å². The average Bonchev–Trinajstić information content (AvgIpc) is 2.52. The van der Waals surface area contributed by atoms with Gasteiger partial charge in [0.15, 0.2) is 0 Å². The molecule has 1 heteroatoms.